The molecule has 0 aliphatic rings. The van der Waals surface area contributed by atoms with E-state index in [1.807, 2.05) is 0 Å². The van der Waals surface area contributed by atoms with Gasteiger partial charge in [0, 0.05) is 0 Å². The fraction of sp³-hybridized carbons (Fsp3) is 0.750. The minimum atomic E-state index is -5.76. The van der Waals surface area contributed by atoms with Gasteiger partial charge in [0.05, 0.1) is 0 Å². The van der Waals surface area contributed by atoms with Crippen LogP contribution in [0.1, 0.15) is 0 Å². The Morgan fingerprint density at radius 2 is 1.62 bits per heavy atom. The van der Waals surface area contributed by atoms with E-state index in [1.165, 1.54) is 0 Å². The Balaban J connectivity index is 4.70. The van der Waals surface area contributed by atoms with Gasteiger partial charge in [0.2, 0.25) is 0 Å². The second-order valence-electron chi connectivity index (χ2n) is 1.86. The van der Waals surface area contributed by atoms with Crippen molar-refractivity contribution in [2.75, 3.05) is 0 Å². The Morgan fingerprint density at radius 1 is 1.23 bits per heavy atom. The van der Waals surface area contributed by atoms with E-state index in [4.69, 9.17) is 0 Å². The van der Waals surface area contributed by atoms with E-state index in [1.54, 1.807) is 0 Å². The lowest BCUT2D eigenvalue weighted by Gasteiger charge is -2.23. The van der Waals surface area contributed by atoms with Crippen molar-refractivity contribution in [2.24, 2.45) is 5.73 Å². The summed E-state index contributed by atoms with van der Waals surface area (Å²) in [5.41, 5.74) is 3.96. The third-order valence-corrected chi connectivity index (χ3v) is 0.891. The number of halogens is 6. The molecule has 0 aromatic rings. The third-order valence-electron chi connectivity index (χ3n) is 0.891. The summed E-state index contributed by atoms with van der Waals surface area (Å²) in [5, 5.41) is 0. The second kappa shape index (κ2) is 3.30. The summed E-state index contributed by atoms with van der Waals surface area (Å²) in [6.45, 7) is 0. The summed E-state index contributed by atoms with van der Waals surface area (Å²) < 4.78 is 72.7. The summed E-state index contributed by atoms with van der Waals surface area (Å²) in [6.07, 6.45) is -12.6. The Kier molecular flexibility index (Phi) is 3.01. The average Bonchev–Trinajstić information content (AvgIpc) is 1.83. The van der Waals surface area contributed by atoms with Crippen LogP contribution in [0.15, 0.2) is 0 Å². The number of amides is 1. The van der Waals surface area contributed by atoms with Crippen molar-refractivity contribution < 1.29 is 35.9 Å². The zero-order chi connectivity index (χ0) is 10.9. The molecule has 0 saturated carbocycles. The normalized spacial score (nSPS) is 13.2. The van der Waals surface area contributed by atoms with Crippen LogP contribution in [0.3, 0.4) is 0 Å². The average molecular weight is 211 g/mol. The standard InChI is InChI=1S/C4H3F6NO2/c5-1(6)3(7,8)4(9,10)13-2(11)12/h1H,(H2,11,12). The fourth-order valence-electron chi connectivity index (χ4n) is 0.321. The van der Waals surface area contributed by atoms with Crippen LogP contribution in [-0.2, 0) is 4.74 Å². The quantitative estimate of drug-likeness (QED) is 0.720. The molecule has 2 N–H and O–H groups in total. The van der Waals surface area contributed by atoms with Crippen molar-refractivity contribution in [1.29, 1.82) is 0 Å². The molecule has 3 nitrogen and oxygen atoms in total. The molecular formula is C4H3F6NO2. The van der Waals surface area contributed by atoms with Crippen LogP contribution in [0.4, 0.5) is 31.1 Å². The van der Waals surface area contributed by atoms with E-state index in [0.29, 0.717) is 0 Å². The molecule has 78 valence electrons. The zero-order valence-corrected chi connectivity index (χ0v) is 5.74. The summed E-state index contributed by atoms with van der Waals surface area (Å²) in [4.78, 5) is 9.63. The fourth-order valence-corrected chi connectivity index (χ4v) is 0.321. The zero-order valence-electron chi connectivity index (χ0n) is 5.74. The molecule has 0 bridgehead atoms. The maximum atomic E-state index is 12.0. The molecule has 0 aromatic heterocycles. The summed E-state index contributed by atoms with van der Waals surface area (Å²) >= 11 is 0. The molecule has 1 amide bonds. The Hall–Kier alpha value is -1.15. The lowest BCUT2D eigenvalue weighted by molar-refractivity contribution is -0.351. The predicted molar refractivity (Wildman–Crippen MR) is 26.6 cm³/mol. The third kappa shape index (κ3) is 2.39. The summed E-state index contributed by atoms with van der Waals surface area (Å²) in [7, 11) is 0. The van der Waals surface area contributed by atoms with Crippen LogP contribution < -0.4 is 5.73 Å². The highest BCUT2D eigenvalue weighted by atomic mass is 19.3. The van der Waals surface area contributed by atoms with Crippen molar-refractivity contribution >= 4 is 6.09 Å². The molecule has 0 rings (SSSR count). The van der Waals surface area contributed by atoms with E-state index < -0.39 is 24.5 Å². The second-order valence-corrected chi connectivity index (χ2v) is 1.86. The molecule has 0 spiro atoms. The molecule has 0 aromatic carbocycles. The number of nitrogens with two attached hydrogens (primary N) is 1. The number of hydrogen-bond acceptors (Lipinski definition) is 2. The molecule has 0 radical (unpaired) electrons. The van der Waals surface area contributed by atoms with Gasteiger partial charge in [-0.15, -0.1) is 0 Å². The van der Waals surface area contributed by atoms with Crippen LogP contribution in [0, 0.1) is 0 Å². The van der Waals surface area contributed by atoms with Crippen LogP contribution in [-0.4, -0.2) is 24.5 Å². The molecule has 0 fully saturated rings. The van der Waals surface area contributed by atoms with Gasteiger partial charge in [-0.2, -0.15) is 17.6 Å². The molecule has 0 aliphatic heterocycles. The monoisotopic (exact) mass is 211 g/mol. The first-order valence-electron chi connectivity index (χ1n) is 2.63. The van der Waals surface area contributed by atoms with Gasteiger partial charge >= 0.3 is 24.5 Å². The number of hydrogen-bond donors (Lipinski definition) is 1. The Labute approximate surface area is 67.4 Å². The van der Waals surface area contributed by atoms with Crippen molar-refractivity contribution in [3.05, 3.63) is 0 Å². The SMILES string of the molecule is NC(=O)OC(F)(F)C(F)(F)C(F)F. The van der Waals surface area contributed by atoms with Crippen LogP contribution in [0.5, 0.6) is 0 Å². The molecule has 13 heavy (non-hydrogen) atoms. The van der Waals surface area contributed by atoms with Crippen molar-refractivity contribution in [1.82, 2.24) is 0 Å². The van der Waals surface area contributed by atoms with Gasteiger partial charge in [-0.3, -0.25) is 0 Å². The van der Waals surface area contributed by atoms with Gasteiger partial charge in [0.15, 0.2) is 0 Å². The highest BCUT2D eigenvalue weighted by Crippen LogP contribution is 2.39. The number of primary amides is 1. The Morgan fingerprint density at radius 3 is 1.85 bits per heavy atom. The molecule has 0 heterocycles. The van der Waals surface area contributed by atoms with Crippen LogP contribution in [0.25, 0.3) is 0 Å². The predicted octanol–water partition coefficient (Wildman–Crippen LogP) is 1.57. The van der Waals surface area contributed by atoms with Gasteiger partial charge in [-0.05, 0) is 0 Å². The number of carbonyl (C=O) groups excluding carboxylic acids is 1. The van der Waals surface area contributed by atoms with Crippen LogP contribution >= 0.6 is 0 Å². The minimum absolute atomic E-state index is 2.27. The smallest absolute Gasteiger partial charge is 0.379 e. The van der Waals surface area contributed by atoms with Crippen LogP contribution in [0.2, 0.25) is 0 Å². The first-order valence-corrected chi connectivity index (χ1v) is 2.63. The summed E-state index contributed by atoms with van der Waals surface area (Å²) in [6, 6.07) is 0. The maximum absolute atomic E-state index is 12.0. The molecular weight excluding hydrogens is 208 g/mol. The largest absolute Gasteiger partial charge is 0.473 e. The van der Waals surface area contributed by atoms with Gasteiger partial charge in [0.1, 0.15) is 0 Å². The first-order chi connectivity index (χ1) is 5.61. The van der Waals surface area contributed by atoms with Gasteiger partial charge in [-0.1, -0.05) is 0 Å². The first kappa shape index (κ1) is 11.8. The molecule has 0 unspecified atom stereocenters. The summed E-state index contributed by atoms with van der Waals surface area (Å²) in [5.74, 6) is -5.76. The lowest BCUT2D eigenvalue weighted by Crippen LogP contribution is -2.50. The van der Waals surface area contributed by atoms with Crippen molar-refractivity contribution in [3.63, 3.8) is 0 Å². The lowest BCUT2D eigenvalue weighted by atomic mass is 10.3. The molecule has 0 saturated heterocycles. The maximum Gasteiger partial charge on any atom is 0.473 e. The van der Waals surface area contributed by atoms with Crippen molar-refractivity contribution in [3.8, 4) is 0 Å². The molecule has 0 aliphatic carbocycles. The topological polar surface area (TPSA) is 52.3 Å². The number of ether oxygens (including phenoxy) is 1. The van der Waals surface area contributed by atoms with Crippen molar-refractivity contribution in [2.45, 2.75) is 18.5 Å². The van der Waals surface area contributed by atoms with Gasteiger partial charge in [0.25, 0.3) is 0 Å². The van der Waals surface area contributed by atoms with E-state index in [0.717, 1.165) is 0 Å². The highest BCUT2D eigenvalue weighted by Gasteiger charge is 2.66. The van der Waals surface area contributed by atoms with E-state index in [2.05, 4.69) is 10.5 Å². The molecule has 9 heteroatoms. The van der Waals surface area contributed by atoms with E-state index in [9.17, 15) is 31.1 Å². The van der Waals surface area contributed by atoms with Gasteiger partial charge < -0.3 is 10.5 Å². The number of rotatable bonds is 3. The number of carbonyl (C=O) groups is 1. The van der Waals surface area contributed by atoms with E-state index in [-0.39, 0.29) is 0 Å². The van der Waals surface area contributed by atoms with E-state index >= 15 is 0 Å². The Bertz CT molecular complexity index is 205. The minimum Gasteiger partial charge on any atom is -0.379 e. The molecule has 0 atom stereocenters. The number of alkyl halides is 6. The highest BCUT2D eigenvalue weighted by molar-refractivity contribution is 5.65. The van der Waals surface area contributed by atoms with Gasteiger partial charge in [-0.25, -0.2) is 13.6 Å².